The van der Waals surface area contributed by atoms with E-state index in [1.807, 2.05) is 18.7 Å². The first-order valence-corrected chi connectivity index (χ1v) is 8.61. The van der Waals surface area contributed by atoms with Crippen LogP contribution in [0.15, 0.2) is 18.2 Å². The molecule has 1 aliphatic rings. The van der Waals surface area contributed by atoms with Crippen molar-refractivity contribution in [3.05, 3.63) is 29.3 Å². The monoisotopic (exact) mass is 354 g/mol. The van der Waals surface area contributed by atoms with Gasteiger partial charge >= 0.3 is 0 Å². The van der Waals surface area contributed by atoms with E-state index < -0.39 is 6.10 Å². The van der Waals surface area contributed by atoms with Gasteiger partial charge < -0.3 is 15.4 Å². The molecule has 1 saturated heterocycles. The van der Waals surface area contributed by atoms with Crippen molar-refractivity contribution in [2.75, 3.05) is 13.1 Å². The van der Waals surface area contributed by atoms with E-state index >= 15 is 0 Å². The Kier molecular flexibility index (Phi) is 7.56. The van der Waals surface area contributed by atoms with Gasteiger partial charge in [0.2, 0.25) is 0 Å². The maximum atomic E-state index is 12.7. The first kappa shape index (κ1) is 20.8. The zero-order valence-electron chi connectivity index (χ0n) is 15.4. The van der Waals surface area contributed by atoms with Crippen LogP contribution in [0.4, 0.5) is 0 Å². The molecule has 0 bridgehead atoms. The van der Waals surface area contributed by atoms with Gasteiger partial charge in [-0.1, -0.05) is 26.0 Å². The Hall–Kier alpha value is -1.26. The largest absolute Gasteiger partial charge is 0.481 e. The summed E-state index contributed by atoms with van der Waals surface area (Å²) in [5.41, 5.74) is 8.04. The van der Waals surface area contributed by atoms with E-state index in [0.29, 0.717) is 18.4 Å². The summed E-state index contributed by atoms with van der Waals surface area (Å²) in [5, 5.41) is 0. The number of rotatable bonds is 5. The third kappa shape index (κ3) is 4.64. The quantitative estimate of drug-likeness (QED) is 0.880. The highest BCUT2D eigenvalue weighted by atomic mass is 35.5. The third-order valence-corrected chi connectivity index (χ3v) is 4.81. The number of nitrogens with two attached hydrogens (primary N) is 1. The lowest BCUT2D eigenvalue weighted by molar-refractivity contribution is -0.138. The fourth-order valence-corrected chi connectivity index (χ4v) is 3.20. The van der Waals surface area contributed by atoms with Crippen molar-refractivity contribution in [1.82, 2.24) is 4.90 Å². The van der Waals surface area contributed by atoms with Crippen LogP contribution >= 0.6 is 12.4 Å². The Bertz CT molecular complexity index is 562. The fourth-order valence-electron chi connectivity index (χ4n) is 3.20. The molecule has 2 rings (SSSR count). The van der Waals surface area contributed by atoms with Crippen molar-refractivity contribution in [2.45, 2.75) is 59.1 Å². The summed E-state index contributed by atoms with van der Waals surface area (Å²) >= 11 is 0. The minimum atomic E-state index is -0.477. The van der Waals surface area contributed by atoms with Crippen molar-refractivity contribution in [3.8, 4) is 5.75 Å². The highest BCUT2D eigenvalue weighted by Crippen LogP contribution is 2.27. The van der Waals surface area contributed by atoms with Crippen molar-refractivity contribution in [3.63, 3.8) is 0 Å². The molecule has 5 heteroatoms. The van der Waals surface area contributed by atoms with Gasteiger partial charge in [0.1, 0.15) is 5.75 Å². The first-order valence-electron chi connectivity index (χ1n) is 8.61. The molecule has 1 heterocycles. The normalized spacial score (nSPS) is 21.5. The van der Waals surface area contributed by atoms with Crippen LogP contribution in [0.2, 0.25) is 0 Å². The van der Waals surface area contributed by atoms with E-state index in [2.05, 4.69) is 39.0 Å². The summed E-state index contributed by atoms with van der Waals surface area (Å²) < 4.78 is 6.00. The van der Waals surface area contributed by atoms with E-state index in [9.17, 15) is 4.79 Å². The molecule has 1 aliphatic heterocycles. The second-order valence-electron chi connectivity index (χ2n) is 7.12. The van der Waals surface area contributed by atoms with E-state index in [1.165, 1.54) is 5.56 Å². The maximum Gasteiger partial charge on any atom is 0.263 e. The number of benzene rings is 1. The van der Waals surface area contributed by atoms with Crippen LogP contribution in [0.3, 0.4) is 0 Å². The van der Waals surface area contributed by atoms with E-state index in [4.69, 9.17) is 10.5 Å². The molecule has 0 spiro atoms. The maximum absolute atomic E-state index is 12.7. The van der Waals surface area contributed by atoms with Gasteiger partial charge in [0.05, 0.1) is 0 Å². The second kappa shape index (κ2) is 8.72. The van der Waals surface area contributed by atoms with Gasteiger partial charge in [-0.25, -0.2) is 0 Å². The van der Waals surface area contributed by atoms with Crippen LogP contribution in [0, 0.1) is 12.8 Å². The number of amides is 1. The lowest BCUT2D eigenvalue weighted by Gasteiger charge is -2.26. The Labute approximate surface area is 152 Å². The molecule has 0 aliphatic carbocycles. The van der Waals surface area contributed by atoms with Gasteiger partial charge in [-0.05, 0) is 62.8 Å². The summed E-state index contributed by atoms with van der Waals surface area (Å²) in [6.07, 6.45) is 0.506. The van der Waals surface area contributed by atoms with E-state index in [-0.39, 0.29) is 24.4 Å². The summed E-state index contributed by atoms with van der Waals surface area (Å²) in [6.45, 7) is 11.6. The van der Waals surface area contributed by atoms with Crippen molar-refractivity contribution < 1.29 is 9.53 Å². The number of carbonyl (C=O) groups is 1. The number of likely N-dealkylation sites (tertiary alicyclic amines) is 1. The van der Waals surface area contributed by atoms with Crippen molar-refractivity contribution in [1.29, 1.82) is 0 Å². The second-order valence-corrected chi connectivity index (χ2v) is 7.12. The molecule has 1 aromatic rings. The molecule has 4 nitrogen and oxygen atoms in total. The van der Waals surface area contributed by atoms with Crippen LogP contribution in [-0.2, 0) is 4.79 Å². The number of hydrogen-bond donors (Lipinski definition) is 1. The minimum Gasteiger partial charge on any atom is -0.481 e. The zero-order chi connectivity index (χ0) is 17.1. The minimum absolute atomic E-state index is 0. The highest BCUT2D eigenvalue weighted by Gasteiger charge is 2.34. The van der Waals surface area contributed by atoms with E-state index in [1.54, 1.807) is 0 Å². The smallest absolute Gasteiger partial charge is 0.263 e. The SMILES string of the molecule is Cc1ccc(C(C)C)cc1OC(C)C(=O)N1CC(CN)CC1C.Cl. The molecule has 1 aromatic carbocycles. The zero-order valence-corrected chi connectivity index (χ0v) is 16.2. The average Bonchev–Trinajstić information content (AvgIpc) is 2.89. The predicted molar refractivity (Wildman–Crippen MR) is 101 cm³/mol. The van der Waals surface area contributed by atoms with Crippen LogP contribution in [0.1, 0.15) is 51.2 Å². The van der Waals surface area contributed by atoms with Crippen LogP contribution in [0.25, 0.3) is 0 Å². The number of nitrogens with zero attached hydrogens (tertiary/aromatic N) is 1. The first-order chi connectivity index (χ1) is 10.8. The van der Waals surface area contributed by atoms with Gasteiger partial charge in [0.25, 0.3) is 5.91 Å². The summed E-state index contributed by atoms with van der Waals surface area (Å²) in [4.78, 5) is 14.6. The predicted octanol–water partition coefficient (Wildman–Crippen LogP) is 3.50. The molecule has 0 aromatic heterocycles. The van der Waals surface area contributed by atoms with Gasteiger partial charge in [-0.2, -0.15) is 0 Å². The van der Waals surface area contributed by atoms with Crippen LogP contribution in [-0.4, -0.2) is 36.0 Å². The number of carbonyl (C=O) groups excluding carboxylic acids is 1. The van der Waals surface area contributed by atoms with Gasteiger partial charge in [-0.15, -0.1) is 12.4 Å². The average molecular weight is 355 g/mol. The molecule has 1 amide bonds. The molecule has 0 radical (unpaired) electrons. The Morgan fingerprint density at radius 1 is 1.38 bits per heavy atom. The summed E-state index contributed by atoms with van der Waals surface area (Å²) in [5.74, 6) is 1.71. The summed E-state index contributed by atoms with van der Waals surface area (Å²) in [6, 6.07) is 6.48. The fraction of sp³-hybridized carbons (Fsp3) is 0.632. The Morgan fingerprint density at radius 2 is 2.04 bits per heavy atom. The molecule has 3 unspecified atom stereocenters. The van der Waals surface area contributed by atoms with Gasteiger partial charge in [0.15, 0.2) is 6.10 Å². The van der Waals surface area contributed by atoms with Crippen molar-refractivity contribution in [2.24, 2.45) is 11.7 Å². The number of halogens is 1. The molecule has 24 heavy (non-hydrogen) atoms. The lowest BCUT2D eigenvalue weighted by atomic mass is 10.0. The van der Waals surface area contributed by atoms with Gasteiger partial charge in [0, 0.05) is 12.6 Å². The highest BCUT2D eigenvalue weighted by molar-refractivity contribution is 5.85. The standard InChI is InChI=1S/C19H30N2O2.ClH/c1-12(2)17-7-6-13(3)18(9-17)23-15(5)19(22)21-11-16(10-20)8-14(21)4;/h6-7,9,12,14-16H,8,10-11,20H2,1-5H3;1H. The molecule has 2 N–H and O–H groups in total. The van der Waals surface area contributed by atoms with Crippen molar-refractivity contribution >= 4 is 18.3 Å². The number of ether oxygens (including phenoxy) is 1. The molecule has 0 saturated carbocycles. The Morgan fingerprint density at radius 3 is 2.58 bits per heavy atom. The molecule has 136 valence electrons. The van der Waals surface area contributed by atoms with E-state index in [0.717, 1.165) is 24.3 Å². The molecule has 3 atom stereocenters. The molecule has 1 fully saturated rings. The number of aryl methyl sites for hydroxylation is 1. The third-order valence-electron chi connectivity index (χ3n) is 4.81. The molecular formula is C19H31ClN2O2. The Balaban J connectivity index is 0.00000288. The lowest BCUT2D eigenvalue weighted by Crippen LogP contribution is -2.42. The summed E-state index contributed by atoms with van der Waals surface area (Å²) in [7, 11) is 0. The van der Waals surface area contributed by atoms with Gasteiger partial charge in [-0.3, -0.25) is 4.79 Å². The van der Waals surface area contributed by atoms with Crippen LogP contribution < -0.4 is 10.5 Å². The number of hydrogen-bond acceptors (Lipinski definition) is 3. The topological polar surface area (TPSA) is 55.6 Å². The van der Waals surface area contributed by atoms with Crippen LogP contribution in [0.5, 0.6) is 5.75 Å². The molecular weight excluding hydrogens is 324 g/mol.